The second-order valence-electron chi connectivity index (χ2n) is 4.09. The molecule has 0 aromatic rings. The van der Waals surface area contributed by atoms with E-state index in [0.717, 1.165) is 13.1 Å². The normalized spacial score (nSPS) is 40.2. The van der Waals surface area contributed by atoms with Gasteiger partial charge in [0, 0.05) is 25.2 Å². The average Bonchev–Trinajstić information content (AvgIpc) is 2.02. The number of aliphatic hydroxyl groups is 1. The fourth-order valence-electron chi connectivity index (χ4n) is 2.56. The molecule has 0 amide bonds. The molecule has 2 saturated heterocycles. The van der Waals surface area contributed by atoms with Gasteiger partial charge in [-0.1, -0.05) is 0 Å². The summed E-state index contributed by atoms with van der Waals surface area (Å²) in [6.07, 6.45) is 2.28. The number of nitrogens with zero attached hydrogens (tertiary/aromatic N) is 2. The van der Waals surface area contributed by atoms with Crippen molar-refractivity contribution in [1.82, 2.24) is 9.80 Å². The predicted octanol–water partition coefficient (Wildman–Crippen LogP) is 0.103. The molecule has 2 aliphatic heterocycles. The van der Waals surface area contributed by atoms with Crippen LogP contribution < -0.4 is 0 Å². The lowest BCUT2D eigenvalue weighted by Gasteiger charge is -2.55. The van der Waals surface area contributed by atoms with Crippen molar-refractivity contribution in [1.29, 1.82) is 0 Å². The van der Waals surface area contributed by atoms with E-state index in [9.17, 15) is 5.11 Å². The molecule has 70 valence electrons. The minimum Gasteiger partial charge on any atom is -0.379 e. The number of likely N-dealkylation sites (N-methyl/N-ethyl adjacent to an activating group) is 1. The van der Waals surface area contributed by atoms with Crippen molar-refractivity contribution >= 4 is 0 Å². The van der Waals surface area contributed by atoms with E-state index in [4.69, 9.17) is 0 Å². The lowest BCUT2D eigenvalue weighted by molar-refractivity contribution is -0.111. The van der Waals surface area contributed by atoms with Crippen LogP contribution in [0.4, 0.5) is 0 Å². The highest BCUT2D eigenvalue weighted by Crippen LogP contribution is 2.30. The van der Waals surface area contributed by atoms with Gasteiger partial charge in [-0.2, -0.15) is 0 Å². The van der Waals surface area contributed by atoms with E-state index in [0.29, 0.717) is 12.1 Å². The van der Waals surface area contributed by atoms with E-state index >= 15 is 0 Å². The van der Waals surface area contributed by atoms with Gasteiger partial charge in [-0.3, -0.25) is 4.90 Å². The number of hydrogen-bond acceptors (Lipinski definition) is 3. The number of fused-ring (bicyclic) bond motifs is 1. The third-order valence-electron chi connectivity index (χ3n) is 3.31. The second kappa shape index (κ2) is 2.98. The summed E-state index contributed by atoms with van der Waals surface area (Å²) in [7, 11) is 2.17. The van der Waals surface area contributed by atoms with Crippen molar-refractivity contribution in [2.45, 2.75) is 38.1 Å². The Labute approximate surface area is 74.0 Å². The van der Waals surface area contributed by atoms with Gasteiger partial charge in [0.25, 0.3) is 0 Å². The first kappa shape index (κ1) is 8.48. The van der Waals surface area contributed by atoms with Gasteiger partial charge in [0.1, 0.15) is 6.23 Å². The summed E-state index contributed by atoms with van der Waals surface area (Å²) in [6, 6.07) is 1.34. The fraction of sp³-hybridized carbons (Fsp3) is 1.00. The molecule has 2 fully saturated rings. The largest absolute Gasteiger partial charge is 0.379 e. The highest BCUT2D eigenvalue weighted by molar-refractivity contribution is 4.99. The Morgan fingerprint density at radius 3 is 2.75 bits per heavy atom. The molecule has 0 aromatic heterocycles. The Hall–Kier alpha value is -0.120. The molecule has 1 N–H and O–H groups in total. The first-order valence-corrected chi connectivity index (χ1v) is 4.84. The van der Waals surface area contributed by atoms with Crippen molar-refractivity contribution in [3.63, 3.8) is 0 Å². The number of aliphatic hydroxyl groups excluding tert-OH is 1. The number of likely N-dealkylation sites (tertiary alicyclic amines) is 2. The summed E-state index contributed by atoms with van der Waals surface area (Å²) in [4.78, 5) is 4.62. The first-order valence-electron chi connectivity index (χ1n) is 4.84. The van der Waals surface area contributed by atoms with Crippen LogP contribution in [0.15, 0.2) is 0 Å². The molecule has 0 aromatic carbocycles. The van der Waals surface area contributed by atoms with Crippen molar-refractivity contribution in [2.24, 2.45) is 0 Å². The van der Waals surface area contributed by atoms with Crippen LogP contribution in [-0.4, -0.2) is 53.4 Å². The molecular weight excluding hydrogens is 152 g/mol. The van der Waals surface area contributed by atoms with Crippen LogP contribution in [-0.2, 0) is 0 Å². The molecule has 0 bridgehead atoms. The van der Waals surface area contributed by atoms with E-state index in [1.54, 1.807) is 0 Å². The van der Waals surface area contributed by atoms with Crippen LogP contribution in [0.2, 0.25) is 0 Å². The van der Waals surface area contributed by atoms with Gasteiger partial charge in [0.15, 0.2) is 0 Å². The van der Waals surface area contributed by atoms with Crippen LogP contribution in [0.3, 0.4) is 0 Å². The lowest BCUT2D eigenvalue weighted by Crippen LogP contribution is -2.68. The summed E-state index contributed by atoms with van der Waals surface area (Å²) in [5.41, 5.74) is 0. The zero-order chi connectivity index (χ0) is 8.72. The summed E-state index contributed by atoms with van der Waals surface area (Å²) < 4.78 is 0. The molecule has 0 spiro atoms. The topological polar surface area (TPSA) is 26.7 Å². The van der Waals surface area contributed by atoms with Crippen molar-refractivity contribution in [2.75, 3.05) is 20.1 Å². The predicted molar refractivity (Wildman–Crippen MR) is 47.8 cm³/mol. The Morgan fingerprint density at radius 1 is 1.42 bits per heavy atom. The molecule has 0 aliphatic carbocycles. The molecule has 3 unspecified atom stereocenters. The maximum absolute atomic E-state index is 9.49. The maximum atomic E-state index is 9.49. The lowest BCUT2D eigenvalue weighted by atomic mass is 9.87. The van der Waals surface area contributed by atoms with E-state index in [1.807, 2.05) is 6.92 Å². The standard InChI is InChI=1S/C9H18N2O/c1-7(12)11-5-3-4-8-9(11)6-10(8)2/h7-9,12H,3-6H2,1-2H3. The molecule has 3 heteroatoms. The summed E-state index contributed by atoms with van der Waals surface area (Å²) >= 11 is 0. The van der Waals surface area contributed by atoms with E-state index in [2.05, 4.69) is 16.8 Å². The average molecular weight is 170 g/mol. The van der Waals surface area contributed by atoms with Crippen LogP contribution in [0.5, 0.6) is 0 Å². The Kier molecular flexibility index (Phi) is 2.10. The molecule has 12 heavy (non-hydrogen) atoms. The maximum Gasteiger partial charge on any atom is 0.104 e. The smallest absolute Gasteiger partial charge is 0.104 e. The van der Waals surface area contributed by atoms with Gasteiger partial charge in [-0.15, -0.1) is 0 Å². The monoisotopic (exact) mass is 170 g/mol. The van der Waals surface area contributed by atoms with E-state index < -0.39 is 0 Å². The van der Waals surface area contributed by atoms with Gasteiger partial charge >= 0.3 is 0 Å². The Balaban J connectivity index is 1.99. The summed E-state index contributed by atoms with van der Waals surface area (Å²) in [6.45, 7) is 4.09. The molecule has 2 heterocycles. The minimum absolute atomic E-state index is 0.258. The van der Waals surface area contributed by atoms with Crippen molar-refractivity contribution in [3.05, 3.63) is 0 Å². The van der Waals surface area contributed by atoms with Gasteiger partial charge in [0.2, 0.25) is 0 Å². The molecule has 0 radical (unpaired) electrons. The number of piperidine rings is 1. The molecule has 2 rings (SSSR count). The SMILES string of the molecule is CC(O)N1CCCC2C1CN2C. The van der Waals surface area contributed by atoms with E-state index in [-0.39, 0.29) is 6.23 Å². The quantitative estimate of drug-likeness (QED) is 0.605. The molecule has 2 aliphatic rings. The Morgan fingerprint density at radius 2 is 2.17 bits per heavy atom. The zero-order valence-electron chi connectivity index (χ0n) is 7.90. The van der Waals surface area contributed by atoms with E-state index in [1.165, 1.54) is 12.8 Å². The highest BCUT2D eigenvalue weighted by atomic mass is 16.3. The summed E-state index contributed by atoms with van der Waals surface area (Å²) in [5, 5.41) is 9.49. The van der Waals surface area contributed by atoms with Gasteiger partial charge < -0.3 is 10.0 Å². The third kappa shape index (κ3) is 1.16. The second-order valence-corrected chi connectivity index (χ2v) is 4.09. The van der Waals surface area contributed by atoms with Crippen LogP contribution in [0, 0.1) is 0 Å². The van der Waals surface area contributed by atoms with Crippen LogP contribution >= 0.6 is 0 Å². The van der Waals surface area contributed by atoms with Gasteiger partial charge in [0.05, 0.1) is 0 Å². The first-order chi connectivity index (χ1) is 5.70. The molecule has 3 nitrogen and oxygen atoms in total. The summed E-state index contributed by atoms with van der Waals surface area (Å²) in [5.74, 6) is 0. The van der Waals surface area contributed by atoms with Gasteiger partial charge in [-0.25, -0.2) is 0 Å². The van der Waals surface area contributed by atoms with Crippen molar-refractivity contribution in [3.8, 4) is 0 Å². The Bertz CT molecular complexity index is 172. The third-order valence-corrected chi connectivity index (χ3v) is 3.31. The highest BCUT2D eigenvalue weighted by Gasteiger charge is 2.43. The van der Waals surface area contributed by atoms with Crippen molar-refractivity contribution < 1.29 is 5.11 Å². The molecule has 0 saturated carbocycles. The van der Waals surface area contributed by atoms with Gasteiger partial charge in [-0.05, 0) is 26.8 Å². The number of rotatable bonds is 1. The molecular formula is C9H18N2O. The minimum atomic E-state index is -0.258. The number of hydrogen-bond donors (Lipinski definition) is 1. The van der Waals surface area contributed by atoms with Crippen LogP contribution in [0.25, 0.3) is 0 Å². The zero-order valence-corrected chi connectivity index (χ0v) is 7.90. The molecule has 3 atom stereocenters. The fourth-order valence-corrected chi connectivity index (χ4v) is 2.56. The van der Waals surface area contributed by atoms with Crippen LogP contribution in [0.1, 0.15) is 19.8 Å².